The number of hydrogen-bond acceptors (Lipinski definition) is 4. The molecule has 0 spiro atoms. The molecule has 0 amide bonds. The van der Waals surface area contributed by atoms with Crippen molar-refractivity contribution in [3.05, 3.63) is 108 Å². The zero-order valence-electron chi connectivity index (χ0n) is 15.3. The van der Waals surface area contributed by atoms with Crippen molar-refractivity contribution in [2.45, 2.75) is 24.9 Å². The highest BCUT2D eigenvalue weighted by molar-refractivity contribution is 5.30. The predicted molar refractivity (Wildman–Crippen MR) is 107 cm³/mol. The number of nitrogens with zero attached hydrogens (tertiary/aromatic N) is 6. The van der Waals surface area contributed by atoms with Crippen molar-refractivity contribution in [2.75, 3.05) is 0 Å². The van der Waals surface area contributed by atoms with E-state index in [2.05, 4.69) is 69.2 Å². The molecular weight excluding hydrogens is 348 g/mol. The average molecular weight is 368 g/mol. The average Bonchev–Trinajstić information content (AvgIpc) is 3.50. The van der Waals surface area contributed by atoms with Crippen molar-refractivity contribution >= 4 is 0 Å². The highest BCUT2D eigenvalue weighted by Gasteiger charge is 2.13. The van der Waals surface area contributed by atoms with Crippen LogP contribution in [0.2, 0.25) is 0 Å². The fraction of sp³-hybridized carbons (Fsp3) is 0.182. The molecule has 28 heavy (non-hydrogen) atoms. The van der Waals surface area contributed by atoms with Crippen molar-refractivity contribution in [3.8, 4) is 0 Å². The van der Waals surface area contributed by atoms with Gasteiger partial charge in [-0.2, -0.15) is 0 Å². The second-order valence-electron chi connectivity index (χ2n) is 7.09. The molecule has 0 saturated carbocycles. The molecule has 0 radical (unpaired) electrons. The molecule has 0 N–H and O–H groups in total. The molecule has 0 bridgehead atoms. The Bertz CT molecular complexity index is 969. The zero-order valence-corrected chi connectivity index (χ0v) is 15.3. The highest BCUT2D eigenvalue weighted by atomic mass is 15.4. The van der Waals surface area contributed by atoms with Crippen LogP contribution in [-0.2, 0) is 13.1 Å². The molecule has 6 nitrogen and oxygen atoms in total. The summed E-state index contributed by atoms with van der Waals surface area (Å²) in [4.78, 5) is 0. The zero-order chi connectivity index (χ0) is 18.8. The van der Waals surface area contributed by atoms with Gasteiger partial charge in [-0.25, -0.2) is 9.36 Å². The van der Waals surface area contributed by atoms with Crippen LogP contribution in [-0.4, -0.2) is 30.0 Å². The topological polar surface area (TPSA) is 61.4 Å². The summed E-state index contributed by atoms with van der Waals surface area (Å²) in [7, 11) is 0. The Morgan fingerprint density at radius 2 is 1.00 bits per heavy atom. The van der Waals surface area contributed by atoms with Gasteiger partial charge in [0.05, 0.1) is 24.5 Å². The highest BCUT2D eigenvalue weighted by Crippen LogP contribution is 2.21. The minimum Gasteiger partial charge on any atom is -0.248 e. The van der Waals surface area contributed by atoms with E-state index in [0.29, 0.717) is 13.1 Å². The first-order valence-corrected chi connectivity index (χ1v) is 9.41. The Morgan fingerprint density at radius 3 is 1.39 bits per heavy atom. The van der Waals surface area contributed by atoms with Crippen LogP contribution >= 0.6 is 0 Å². The molecular formula is C22H20N6. The van der Waals surface area contributed by atoms with Crippen LogP contribution < -0.4 is 0 Å². The first-order chi connectivity index (χ1) is 13.8. The van der Waals surface area contributed by atoms with Crippen LogP contribution in [0.25, 0.3) is 0 Å². The number of hydrogen-bond donors (Lipinski definition) is 0. The molecule has 2 aliphatic carbocycles. The van der Waals surface area contributed by atoms with Crippen LogP contribution in [0.5, 0.6) is 0 Å². The smallest absolute Gasteiger partial charge is 0.0933 e. The lowest BCUT2D eigenvalue weighted by Crippen LogP contribution is -2.03. The summed E-state index contributed by atoms with van der Waals surface area (Å²) in [5.74, 6) is 0.498. The maximum atomic E-state index is 4.29. The van der Waals surface area contributed by atoms with E-state index in [4.69, 9.17) is 0 Å². The van der Waals surface area contributed by atoms with Gasteiger partial charge in [0.2, 0.25) is 0 Å². The summed E-state index contributed by atoms with van der Waals surface area (Å²) < 4.78 is 3.77. The third-order valence-corrected chi connectivity index (χ3v) is 5.00. The van der Waals surface area contributed by atoms with E-state index in [1.54, 1.807) is 0 Å². The van der Waals surface area contributed by atoms with Crippen LogP contribution in [0, 0.1) is 0 Å². The summed E-state index contributed by atoms with van der Waals surface area (Å²) in [5.41, 5.74) is 4.35. The third-order valence-electron chi connectivity index (χ3n) is 5.00. The van der Waals surface area contributed by atoms with Gasteiger partial charge in [0, 0.05) is 24.2 Å². The van der Waals surface area contributed by atoms with Crippen LogP contribution in [0.15, 0.2) is 85.3 Å². The van der Waals surface area contributed by atoms with Gasteiger partial charge in [0.15, 0.2) is 0 Å². The van der Waals surface area contributed by atoms with E-state index in [0.717, 1.165) is 11.4 Å². The first-order valence-electron chi connectivity index (χ1n) is 9.41. The molecule has 1 aromatic carbocycles. The van der Waals surface area contributed by atoms with E-state index in [1.165, 1.54) is 11.1 Å². The number of benzene rings is 1. The summed E-state index contributed by atoms with van der Waals surface area (Å²) >= 11 is 0. The van der Waals surface area contributed by atoms with Crippen LogP contribution in [0.4, 0.5) is 0 Å². The SMILES string of the molecule is C1=CC(c2cn(Cc3ccc(Cn4cc(C5C=CC=C5)nn4)cc3)nn2)C=C1. The molecule has 3 aromatic rings. The van der Waals surface area contributed by atoms with Crippen LogP contribution in [0.1, 0.15) is 34.4 Å². The maximum Gasteiger partial charge on any atom is 0.0933 e. The van der Waals surface area contributed by atoms with E-state index < -0.39 is 0 Å². The Hall–Kier alpha value is -3.54. The second kappa shape index (κ2) is 7.23. The van der Waals surface area contributed by atoms with Crippen LogP contribution in [0.3, 0.4) is 0 Å². The maximum absolute atomic E-state index is 4.29. The largest absolute Gasteiger partial charge is 0.248 e. The van der Waals surface area contributed by atoms with E-state index in [1.807, 2.05) is 46.1 Å². The van der Waals surface area contributed by atoms with Crippen molar-refractivity contribution in [3.63, 3.8) is 0 Å². The quantitative estimate of drug-likeness (QED) is 0.669. The van der Waals surface area contributed by atoms with Gasteiger partial charge in [-0.1, -0.05) is 83.3 Å². The fourth-order valence-corrected chi connectivity index (χ4v) is 3.47. The monoisotopic (exact) mass is 368 g/mol. The second-order valence-corrected chi connectivity index (χ2v) is 7.09. The lowest BCUT2D eigenvalue weighted by Gasteiger charge is -2.05. The van der Waals surface area contributed by atoms with Gasteiger partial charge in [0.25, 0.3) is 0 Å². The van der Waals surface area contributed by atoms with E-state index >= 15 is 0 Å². The standard InChI is InChI=1S/C22H20N6/c1-2-6-19(5-1)21-15-27(25-23-21)13-17-9-11-18(12-10-17)14-28-16-22(24-26-28)20-7-3-4-8-20/h1-12,15-16,19-20H,13-14H2. The Morgan fingerprint density at radius 1 is 0.607 bits per heavy atom. The Kier molecular flexibility index (Phi) is 4.29. The molecule has 2 aromatic heterocycles. The number of rotatable bonds is 6. The molecule has 5 rings (SSSR count). The molecule has 0 atom stereocenters. The molecule has 2 aliphatic rings. The molecule has 2 heterocycles. The predicted octanol–water partition coefficient (Wildman–Crippen LogP) is 3.39. The fourth-order valence-electron chi connectivity index (χ4n) is 3.47. The van der Waals surface area contributed by atoms with E-state index in [9.17, 15) is 0 Å². The van der Waals surface area contributed by atoms with Crippen molar-refractivity contribution in [1.29, 1.82) is 0 Å². The molecule has 138 valence electrons. The van der Waals surface area contributed by atoms with Gasteiger partial charge in [-0.15, -0.1) is 10.2 Å². The molecule has 0 aliphatic heterocycles. The van der Waals surface area contributed by atoms with Gasteiger partial charge in [0.1, 0.15) is 0 Å². The van der Waals surface area contributed by atoms with Crippen molar-refractivity contribution in [2.24, 2.45) is 0 Å². The number of allylic oxidation sites excluding steroid dienone is 8. The van der Waals surface area contributed by atoms with Gasteiger partial charge >= 0.3 is 0 Å². The molecule has 0 unspecified atom stereocenters. The Balaban J connectivity index is 1.22. The lowest BCUT2D eigenvalue weighted by molar-refractivity contribution is 0.643. The number of aromatic nitrogens is 6. The molecule has 0 fully saturated rings. The van der Waals surface area contributed by atoms with Gasteiger partial charge in [-0.05, 0) is 11.1 Å². The Labute approximate surface area is 163 Å². The van der Waals surface area contributed by atoms with Gasteiger partial charge in [-0.3, -0.25) is 0 Å². The lowest BCUT2D eigenvalue weighted by atomic mass is 10.1. The van der Waals surface area contributed by atoms with Crippen molar-refractivity contribution < 1.29 is 0 Å². The molecule has 0 saturated heterocycles. The molecule has 6 heteroatoms. The summed E-state index contributed by atoms with van der Waals surface area (Å²) in [6.45, 7) is 1.42. The van der Waals surface area contributed by atoms with E-state index in [-0.39, 0.29) is 11.8 Å². The van der Waals surface area contributed by atoms with Crippen molar-refractivity contribution in [1.82, 2.24) is 30.0 Å². The summed E-state index contributed by atoms with van der Waals surface area (Å²) in [6.07, 6.45) is 20.7. The minimum atomic E-state index is 0.249. The third kappa shape index (κ3) is 3.49. The minimum absolute atomic E-state index is 0.249. The summed E-state index contributed by atoms with van der Waals surface area (Å²) in [5, 5.41) is 17.1. The summed E-state index contributed by atoms with van der Waals surface area (Å²) in [6, 6.07) is 8.53. The first kappa shape index (κ1) is 16.6. The normalized spacial score (nSPS) is 16.0. The van der Waals surface area contributed by atoms with Gasteiger partial charge < -0.3 is 0 Å².